The normalized spacial score (nSPS) is 10.2. The highest BCUT2D eigenvalue weighted by molar-refractivity contribution is 9.10. The number of amides is 1. The van der Waals surface area contributed by atoms with Crippen molar-refractivity contribution >= 4 is 21.8 Å². The first-order valence-corrected chi connectivity index (χ1v) is 4.39. The number of aryl methyl sites for hydroxylation is 2. The Kier molecular flexibility index (Phi) is 3.05. The summed E-state index contributed by atoms with van der Waals surface area (Å²) in [6, 6.07) is 0. The molecule has 0 aliphatic rings. The van der Waals surface area contributed by atoms with E-state index in [1.54, 1.807) is 18.7 Å². The van der Waals surface area contributed by atoms with Gasteiger partial charge in [-0.3, -0.25) is 14.3 Å². The molecule has 0 radical (unpaired) electrons. The van der Waals surface area contributed by atoms with Crippen molar-refractivity contribution < 1.29 is 9.63 Å². The lowest BCUT2D eigenvalue weighted by atomic mass is 10.2. The van der Waals surface area contributed by atoms with Gasteiger partial charge < -0.3 is 0 Å². The van der Waals surface area contributed by atoms with Crippen LogP contribution in [0.2, 0.25) is 0 Å². The molecule has 1 aromatic rings. The lowest BCUT2D eigenvalue weighted by Crippen LogP contribution is -2.22. The van der Waals surface area contributed by atoms with Gasteiger partial charge in [0, 0.05) is 7.05 Å². The molecule has 1 aromatic heterocycles. The Morgan fingerprint density at radius 3 is 2.69 bits per heavy atom. The van der Waals surface area contributed by atoms with Gasteiger partial charge in [0.2, 0.25) is 0 Å². The van der Waals surface area contributed by atoms with E-state index < -0.39 is 0 Å². The molecule has 13 heavy (non-hydrogen) atoms. The zero-order valence-corrected chi connectivity index (χ0v) is 9.17. The molecule has 0 unspecified atom stereocenters. The molecular formula is C7H10BrN3O2. The second-order valence-electron chi connectivity index (χ2n) is 2.51. The molecule has 72 valence electrons. The molecule has 5 nitrogen and oxygen atoms in total. The smallest absolute Gasteiger partial charge is 0.277 e. The zero-order valence-electron chi connectivity index (χ0n) is 7.59. The topological polar surface area (TPSA) is 56.1 Å². The summed E-state index contributed by atoms with van der Waals surface area (Å²) in [7, 11) is 3.14. The fraction of sp³-hybridized carbons (Fsp3) is 0.429. The van der Waals surface area contributed by atoms with E-state index in [1.807, 2.05) is 0 Å². The quantitative estimate of drug-likeness (QED) is 0.787. The summed E-state index contributed by atoms with van der Waals surface area (Å²) in [6.07, 6.45) is 0. The summed E-state index contributed by atoms with van der Waals surface area (Å²) in [5, 5.41) is 4.07. The molecule has 1 rings (SSSR count). The van der Waals surface area contributed by atoms with Crippen LogP contribution in [0.15, 0.2) is 4.60 Å². The summed E-state index contributed by atoms with van der Waals surface area (Å²) >= 11 is 3.26. The number of rotatable bonds is 2. The summed E-state index contributed by atoms with van der Waals surface area (Å²) in [5.41, 5.74) is 3.38. The number of hydrogen-bond acceptors (Lipinski definition) is 3. The largest absolute Gasteiger partial charge is 0.279 e. The number of hydrogen-bond donors (Lipinski definition) is 1. The van der Waals surface area contributed by atoms with E-state index in [2.05, 4.69) is 31.3 Å². The molecular weight excluding hydrogens is 238 g/mol. The molecule has 0 aliphatic heterocycles. The predicted octanol–water partition coefficient (Wildman–Crippen LogP) is 0.782. The van der Waals surface area contributed by atoms with Crippen molar-refractivity contribution in [2.45, 2.75) is 6.92 Å². The molecule has 1 amide bonds. The van der Waals surface area contributed by atoms with Crippen LogP contribution < -0.4 is 5.48 Å². The molecule has 1 N–H and O–H groups in total. The third kappa shape index (κ3) is 1.89. The van der Waals surface area contributed by atoms with E-state index in [9.17, 15) is 4.79 Å². The third-order valence-electron chi connectivity index (χ3n) is 1.57. The van der Waals surface area contributed by atoms with Gasteiger partial charge >= 0.3 is 0 Å². The Bertz CT molecular complexity index is 335. The lowest BCUT2D eigenvalue weighted by Gasteiger charge is -2.00. The second-order valence-corrected chi connectivity index (χ2v) is 3.26. The molecule has 0 aliphatic carbocycles. The Hall–Kier alpha value is -0.880. The first-order valence-electron chi connectivity index (χ1n) is 3.60. The standard InChI is InChI=1S/C7H10BrN3O2/c1-4-5(7(12)10-13-3)6(8)11(2)9-4/h1-3H3,(H,10,12). The highest BCUT2D eigenvalue weighted by atomic mass is 79.9. The van der Waals surface area contributed by atoms with Crippen LogP contribution in [0.3, 0.4) is 0 Å². The SMILES string of the molecule is CONC(=O)c1c(C)nn(C)c1Br. The first kappa shape index (κ1) is 10.2. The van der Waals surface area contributed by atoms with Crippen molar-refractivity contribution in [1.82, 2.24) is 15.3 Å². The fourth-order valence-electron chi connectivity index (χ4n) is 1.03. The third-order valence-corrected chi connectivity index (χ3v) is 2.48. The van der Waals surface area contributed by atoms with Crippen LogP contribution >= 0.6 is 15.9 Å². The minimum absolute atomic E-state index is 0.306. The predicted molar refractivity (Wildman–Crippen MR) is 50.1 cm³/mol. The van der Waals surface area contributed by atoms with Crippen molar-refractivity contribution in [1.29, 1.82) is 0 Å². The van der Waals surface area contributed by atoms with Gasteiger partial charge in [0.15, 0.2) is 0 Å². The van der Waals surface area contributed by atoms with Crippen molar-refractivity contribution in [3.05, 3.63) is 15.9 Å². The number of carbonyl (C=O) groups excluding carboxylic acids is 1. The average molecular weight is 248 g/mol. The molecule has 0 fully saturated rings. The van der Waals surface area contributed by atoms with Gasteiger partial charge in [0.25, 0.3) is 5.91 Å². The van der Waals surface area contributed by atoms with Gasteiger partial charge in [-0.15, -0.1) is 0 Å². The Morgan fingerprint density at radius 2 is 2.31 bits per heavy atom. The van der Waals surface area contributed by atoms with Gasteiger partial charge in [-0.2, -0.15) is 5.10 Å². The molecule has 6 heteroatoms. The summed E-state index contributed by atoms with van der Waals surface area (Å²) < 4.78 is 2.22. The Labute approximate surface area is 84.1 Å². The van der Waals surface area contributed by atoms with Crippen LogP contribution in [0.5, 0.6) is 0 Å². The first-order chi connectivity index (χ1) is 6.07. The Morgan fingerprint density at radius 1 is 1.69 bits per heavy atom. The monoisotopic (exact) mass is 247 g/mol. The Balaban J connectivity index is 3.06. The van der Waals surface area contributed by atoms with Crippen molar-refractivity contribution in [3.63, 3.8) is 0 Å². The van der Waals surface area contributed by atoms with Crippen molar-refractivity contribution in [2.24, 2.45) is 7.05 Å². The fourth-order valence-corrected chi connectivity index (χ4v) is 1.58. The zero-order chi connectivity index (χ0) is 10.0. The van der Waals surface area contributed by atoms with Crippen LogP contribution in [0, 0.1) is 6.92 Å². The van der Waals surface area contributed by atoms with Crippen LogP contribution in [0.25, 0.3) is 0 Å². The number of nitrogens with one attached hydrogen (secondary N) is 1. The van der Waals surface area contributed by atoms with Gasteiger partial charge in [0.05, 0.1) is 18.4 Å². The van der Waals surface area contributed by atoms with E-state index in [0.29, 0.717) is 15.9 Å². The number of nitrogens with zero attached hydrogens (tertiary/aromatic N) is 2. The highest BCUT2D eigenvalue weighted by Gasteiger charge is 2.17. The number of aromatic nitrogens is 2. The van der Waals surface area contributed by atoms with Gasteiger partial charge in [-0.1, -0.05) is 0 Å². The van der Waals surface area contributed by atoms with Gasteiger partial charge in [-0.05, 0) is 22.9 Å². The van der Waals surface area contributed by atoms with Crippen LogP contribution in [0.4, 0.5) is 0 Å². The molecule has 0 bridgehead atoms. The number of carbonyl (C=O) groups is 1. The molecule has 1 heterocycles. The maximum Gasteiger partial charge on any atom is 0.279 e. The van der Waals surface area contributed by atoms with Gasteiger partial charge in [0.1, 0.15) is 4.60 Å². The van der Waals surface area contributed by atoms with Crippen LogP contribution in [0.1, 0.15) is 16.1 Å². The number of hydroxylamine groups is 1. The summed E-state index contributed by atoms with van der Waals surface area (Å²) in [5.74, 6) is -0.306. The van der Waals surface area contributed by atoms with Crippen molar-refractivity contribution in [3.8, 4) is 0 Å². The van der Waals surface area contributed by atoms with E-state index in [1.165, 1.54) is 7.11 Å². The molecule has 0 saturated heterocycles. The van der Waals surface area contributed by atoms with Crippen LogP contribution in [-0.2, 0) is 11.9 Å². The molecule has 0 saturated carbocycles. The number of halogens is 1. The molecule has 0 spiro atoms. The minimum Gasteiger partial charge on any atom is -0.277 e. The van der Waals surface area contributed by atoms with Crippen molar-refractivity contribution in [2.75, 3.05) is 7.11 Å². The lowest BCUT2D eigenvalue weighted by molar-refractivity contribution is 0.0536. The van der Waals surface area contributed by atoms with E-state index in [-0.39, 0.29) is 5.91 Å². The average Bonchev–Trinajstić information content (AvgIpc) is 2.27. The highest BCUT2D eigenvalue weighted by Crippen LogP contribution is 2.18. The maximum absolute atomic E-state index is 11.4. The maximum atomic E-state index is 11.4. The summed E-state index contributed by atoms with van der Waals surface area (Å²) in [6.45, 7) is 1.76. The molecule has 0 atom stereocenters. The second kappa shape index (κ2) is 3.89. The molecule has 0 aromatic carbocycles. The van der Waals surface area contributed by atoms with E-state index in [4.69, 9.17) is 0 Å². The van der Waals surface area contributed by atoms with E-state index >= 15 is 0 Å². The minimum atomic E-state index is -0.306. The van der Waals surface area contributed by atoms with E-state index in [0.717, 1.165) is 0 Å². The summed E-state index contributed by atoms with van der Waals surface area (Å²) in [4.78, 5) is 15.9. The van der Waals surface area contributed by atoms with Crippen LogP contribution in [-0.4, -0.2) is 22.8 Å². The van der Waals surface area contributed by atoms with Gasteiger partial charge in [-0.25, -0.2) is 5.48 Å².